The van der Waals surface area contributed by atoms with Crippen LogP contribution in [0.4, 0.5) is 0 Å². The summed E-state index contributed by atoms with van der Waals surface area (Å²) < 4.78 is 1.08. The number of thioether (sulfide) groups is 1. The lowest BCUT2D eigenvalue weighted by Crippen LogP contribution is -2.16. The number of allylic oxidation sites excluding steroid dienone is 4. The summed E-state index contributed by atoms with van der Waals surface area (Å²) in [5.41, 5.74) is 3.31. The van der Waals surface area contributed by atoms with Crippen LogP contribution in [0.3, 0.4) is 0 Å². The second-order valence-electron chi connectivity index (χ2n) is 8.05. The summed E-state index contributed by atoms with van der Waals surface area (Å²) in [5.74, 6) is 0.0439. The first kappa shape index (κ1) is 23.6. The van der Waals surface area contributed by atoms with Crippen LogP contribution in [0.15, 0.2) is 111 Å². The van der Waals surface area contributed by atoms with Crippen molar-refractivity contribution in [2.75, 3.05) is 13.1 Å². The molecule has 0 atom stereocenters. The number of rotatable bonds is 8. The molecule has 1 aliphatic rings. The smallest absolute Gasteiger partial charge is 0.185 e. The summed E-state index contributed by atoms with van der Waals surface area (Å²) in [6.45, 7) is 6.34. The maximum atomic E-state index is 13.0. The van der Waals surface area contributed by atoms with E-state index in [2.05, 4.69) is 71.2 Å². The Morgan fingerprint density at radius 2 is 1.70 bits per heavy atom. The molecule has 3 aromatic rings. The first-order valence-electron chi connectivity index (χ1n) is 11.4. The van der Waals surface area contributed by atoms with Crippen molar-refractivity contribution in [3.8, 4) is 0 Å². The third-order valence-electron chi connectivity index (χ3n) is 5.90. The van der Waals surface area contributed by atoms with Gasteiger partial charge in [0.15, 0.2) is 5.78 Å². The minimum absolute atomic E-state index is 0.0439. The Bertz CT molecular complexity index is 1240. The van der Waals surface area contributed by atoms with Crippen LogP contribution < -0.4 is 0 Å². The zero-order valence-electron chi connectivity index (χ0n) is 19.1. The van der Waals surface area contributed by atoms with Crippen molar-refractivity contribution in [1.29, 1.82) is 0 Å². The van der Waals surface area contributed by atoms with E-state index < -0.39 is 0 Å². The molecule has 0 saturated carbocycles. The van der Waals surface area contributed by atoms with Gasteiger partial charge in [-0.05, 0) is 85.0 Å². The molecule has 0 fully saturated rings. The number of hydrogen-bond donors (Lipinski definition) is 0. The van der Waals surface area contributed by atoms with E-state index in [9.17, 15) is 4.79 Å². The van der Waals surface area contributed by atoms with Crippen molar-refractivity contribution in [2.24, 2.45) is 0 Å². The van der Waals surface area contributed by atoms with Crippen LogP contribution in [0.2, 0.25) is 0 Å². The van der Waals surface area contributed by atoms with Gasteiger partial charge in [-0.1, -0.05) is 70.2 Å². The highest BCUT2D eigenvalue weighted by atomic mass is 79.9. The monoisotopic (exact) mass is 517 g/mol. The van der Waals surface area contributed by atoms with Gasteiger partial charge >= 0.3 is 0 Å². The lowest BCUT2D eigenvalue weighted by molar-refractivity contribution is 0.104. The zero-order valence-corrected chi connectivity index (χ0v) is 21.5. The van der Waals surface area contributed by atoms with Crippen molar-refractivity contribution < 1.29 is 4.79 Å². The van der Waals surface area contributed by atoms with Gasteiger partial charge in [0.05, 0.1) is 0 Å². The summed E-state index contributed by atoms with van der Waals surface area (Å²) in [6.07, 6.45) is 8.02. The van der Waals surface area contributed by atoms with Gasteiger partial charge in [0.2, 0.25) is 0 Å². The van der Waals surface area contributed by atoms with E-state index in [1.165, 1.54) is 20.9 Å². The van der Waals surface area contributed by atoms with Gasteiger partial charge in [-0.2, -0.15) is 0 Å². The predicted octanol–water partition coefficient (Wildman–Crippen LogP) is 8.41. The maximum Gasteiger partial charge on any atom is 0.185 e. The number of ketones is 1. The fraction of sp³-hybridized carbons (Fsp3) is 0.207. The molecule has 0 amide bonds. The molecular weight excluding hydrogens is 490 g/mol. The van der Waals surface area contributed by atoms with E-state index in [1.807, 2.05) is 42.5 Å². The lowest BCUT2D eigenvalue weighted by Gasteiger charge is -2.18. The maximum absolute atomic E-state index is 13.0. The molecule has 4 rings (SSSR count). The van der Waals surface area contributed by atoms with Gasteiger partial charge in [0, 0.05) is 39.1 Å². The number of carbonyl (C=O) groups is 1. The third-order valence-corrected chi connectivity index (χ3v) is 7.67. The van der Waals surface area contributed by atoms with Crippen LogP contribution in [0.5, 0.6) is 0 Å². The van der Waals surface area contributed by atoms with Gasteiger partial charge in [0.25, 0.3) is 0 Å². The molecule has 0 unspecified atom stereocenters. The lowest BCUT2D eigenvalue weighted by atomic mass is 10.0. The van der Waals surface area contributed by atoms with Crippen LogP contribution in [0.1, 0.15) is 37.0 Å². The predicted molar refractivity (Wildman–Crippen MR) is 145 cm³/mol. The fourth-order valence-corrected chi connectivity index (χ4v) is 5.34. The Kier molecular flexibility index (Phi) is 7.89. The average molecular weight is 519 g/mol. The summed E-state index contributed by atoms with van der Waals surface area (Å²) in [5, 5.41) is 2.24. The molecule has 2 nitrogen and oxygen atoms in total. The molecule has 4 heteroatoms. The molecule has 0 aromatic heterocycles. The van der Waals surface area contributed by atoms with Gasteiger partial charge in [0.1, 0.15) is 0 Å². The highest BCUT2D eigenvalue weighted by molar-refractivity contribution is 9.10. The second-order valence-corrected chi connectivity index (χ2v) is 10.0. The average Bonchev–Trinajstić information content (AvgIpc) is 3.22. The highest BCUT2D eigenvalue weighted by Gasteiger charge is 2.20. The summed E-state index contributed by atoms with van der Waals surface area (Å²) >= 11 is 5.31. The Balaban J connectivity index is 1.63. The summed E-state index contributed by atoms with van der Waals surface area (Å²) in [4.78, 5) is 17.8. The molecule has 0 radical (unpaired) electrons. The van der Waals surface area contributed by atoms with E-state index in [-0.39, 0.29) is 5.78 Å². The van der Waals surface area contributed by atoms with Crippen LogP contribution in [-0.2, 0) is 0 Å². The van der Waals surface area contributed by atoms with Crippen molar-refractivity contribution in [1.82, 2.24) is 4.90 Å². The van der Waals surface area contributed by atoms with Crippen molar-refractivity contribution in [3.05, 3.63) is 111 Å². The molecule has 1 aliphatic carbocycles. The number of halogens is 1. The highest BCUT2D eigenvalue weighted by Crippen LogP contribution is 2.43. The zero-order chi connectivity index (χ0) is 23.2. The molecule has 0 N–H and O–H groups in total. The Hall–Kier alpha value is -2.56. The first-order chi connectivity index (χ1) is 16.1. The SMILES string of the molecule is CCN(/C=C1\CCC(/C=C/C(=O)c2ccc3ccccc3c2)=C1Sc1ccc(Br)cc1)CC. The Labute approximate surface area is 209 Å². The Morgan fingerprint density at radius 1 is 0.970 bits per heavy atom. The second kappa shape index (κ2) is 11.0. The Morgan fingerprint density at radius 3 is 2.42 bits per heavy atom. The van der Waals surface area contributed by atoms with E-state index in [0.29, 0.717) is 0 Å². The van der Waals surface area contributed by atoms with E-state index >= 15 is 0 Å². The minimum atomic E-state index is 0.0439. The third kappa shape index (κ3) is 5.87. The van der Waals surface area contributed by atoms with Crippen LogP contribution in [-0.4, -0.2) is 23.8 Å². The van der Waals surface area contributed by atoms with E-state index in [0.717, 1.165) is 46.7 Å². The van der Waals surface area contributed by atoms with Crippen LogP contribution in [0, 0.1) is 0 Å². The molecule has 168 valence electrons. The summed E-state index contributed by atoms with van der Waals surface area (Å²) in [6, 6.07) is 22.5. The van der Waals surface area contributed by atoms with Gasteiger partial charge in [-0.15, -0.1) is 0 Å². The summed E-state index contributed by atoms with van der Waals surface area (Å²) in [7, 11) is 0. The van der Waals surface area contributed by atoms with Crippen molar-refractivity contribution in [2.45, 2.75) is 31.6 Å². The van der Waals surface area contributed by atoms with Crippen LogP contribution >= 0.6 is 27.7 Å². The van der Waals surface area contributed by atoms with Crippen molar-refractivity contribution >= 4 is 44.2 Å². The van der Waals surface area contributed by atoms with E-state index in [4.69, 9.17) is 0 Å². The topological polar surface area (TPSA) is 20.3 Å². The molecule has 3 aromatic carbocycles. The minimum Gasteiger partial charge on any atom is -0.378 e. The molecule has 0 spiro atoms. The van der Waals surface area contributed by atoms with Gasteiger partial charge in [-0.25, -0.2) is 0 Å². The number of fused-ring (bicyclic) bond motifs is 1. The first-order valence-corrected chi connectivity index (χ1v) is 13.0. The largest absolute Gasteiger partial charge is 0.378 e. The standard InChI is InChI=1S/C29H28BrNOS/c1-3-31(4-2)20-25-12-10-22(29(25)33-27-16-14-26(30)15-17-27)13-18-28(32)24-11-9-21-7-5-6-8-23(21)19-24/h5-9,11,13-20H,3-4,10,12H2,1-2H3/b18-13+,25-20+. The van der Waals surface area contributed by atoms with Crippen molar-refractivity contribution in [3.63, 3.8) is 0 Å². The molecule has 0 aliphatic heterocycles. The number of benzene rings is 3. The molecule has 33 heavy (non-hydrogen) atoms. The van der Waals surface area contributed by atoms with E-state index in [1.54, 1.807) is 17.8 Å². The molecule has 0 saturated heterocycles. The number of carbonyl (C=O) groups excluding carboxylic acids is 1. The van der Waals surface area contributed by atoms with Crippen LogP contribution in [0.25, 0.3) is 10.8 Å². The quantitative estimate of drug-likeness (QED) is 0.221. The normalized spacial score (nSPS) is 15.2. The molecular formula is C29H28BrNOS. The number of nitrogens with zero attached hydrogens (tertiary/aromatic N) is 1. The fourth-order valence-electron chi connectivity index (χ4n) is 3.98. The molecule has 0 bridgehead atoms. The van der Waals surface area contributed by atoms with Gasteiger partial charge < -0.3 is 4.90 Å². The molecule has 0 heterocycles. The van der Waals surface area contributed by atoms with Gasteiger partial charge in [-0.3, -0.25) is 4.79 Å². The number of hydrogen-bond acceptors (Lipinski definition) is 3.